The number of carbonyl (C=O) groups is 1. The molecule has 0 aromatic carbocycles. The molecule has 0 spiro atoms. The molecule has 0 bridgehead atoms. The summed E-state index contributed by atoms with van der Waals surface area (Å²) in [5.74, 6) is 0.774. The third-order valence-electron chi connectivity index (χ3n) is 2.18. The van der Waals surface area contributed by atoms with Crippen molar-refractivity contribution in [2.24, 2.45) is 0 Å². The van der Waals surface area contributed by atoms with Crippen molar-refractivity contribution < 1.29 is 4.79 Å². The van der Waals surface area contributed by atoms with E-state index in [1.807, 2.05) is 11.4 Å². The van der Waals surface area contributed by atoms with Gasteiger partial charge in [0.05, 0.1) is 8.45 Å². The number of hydrogen-bond donors (Lipinski definition) is 1. The van der Waals surface area contributed by atoms with Gasteiger partial charge in [-0.05, 0) is 41.5 Å². The molecule has 1 amide bonds. The summed E-state index contributed by atoms with van der Waals surface area (Å²) in [6.45, 7) is 0.757. The van der Waals surface area contributed by atoms with Gasteiger partial charge in [-0.1, -0.05) is 12.8 Å². The van der Waals surface area contributed by atoms with E-state index in [2.05, 4.69) is 27.9 Å². The Morgan fingerprint density at radius 3 is 2.75 bits per heavy atom. The number of thiophene rings is 1. The standard InChI is InChI=1S/C11H15ClINOS/c12-5-3-1-2-4-6-14-11(15)9-7-10(13)16-8-9/h7-8H,1-6H2,(H,14,15). The highest BCUT2D eigenvalue weighted by atomic mass is 127. The minimum Gasteiger partial charge on any atom is -0.352 e. The molecule has 1 heterocycles. The zero-order valence-corrected chi connectivity index (χ0v) is 12.7. The van der Waals surface area contributed by atoms with Crippen molar-refractivity contribution in [2.75, 3.05) is 12.4 Å². The number of nitrogens with one attached hydrogen (secondary N) is 1. The second kappa shape index (κ2) is 8.31. The van der Waals surface area contributed by atoms with Crippen molar-refractivity contribution >= 4 is 51.4 Å². The molecule has 1 aromatic rings. The molecule has 16 heavy (non-hydrogen) atoms. The third-order valence-corrected chi connectivity index (χ3v) is 4.23. The van der Waals surface area contributed by atoms with Crippen LogP contribution in [0.5, 0.6) is 0 Å². The van der Waals surface area contributed by atoms with Crippen molar-refractivity contribution in [3.63, 3.8) is 0 Å². The monoisotopic (exact) mass is 371 g/mol. The Kier molecular flexibility index (Phi) is 7.40. The van der Waals surface area contributed by atoms with E-state index in [1.54, 1.807) is 11.3 Å². The van der Waals surface area contributed by atoms with Crippen molar-refractivity contribution in [3.05, 3.63) is 19.9 Å². The Balaban J connectivity index is 2.11. The van der Waals surface area contributed by atoms with Crippen LogP contribution in [-0.4, -0.2) is 18.3 Å². The second-order valence-corrected chi connectivity index (χ2v) is 6.68. The molecule has 1 rings (SSSR count). The van der Waals surface area contributed by atoms with Crippen LogP contribution in [0.1, 0.15) is 36.0 Å². The number of halogens is 2. The molecule has 0 radical (unpaired) electrons. The van der Waals surface area contributed by atoms with E-state index >= 15 is 0 Å². The summed E-state index contributed by atoms with van der Waals surface area (Å²) in [7, 11) is 0. The fraction of sp³-hybridized carbons (Fsp3) is 0.545. The van der Waals surface area contributed by atoms with Crippen LogP contribution in [0.3, 0.4) is 0 Å². The lowest BCUT2D eigenvalue weighted by atomic mass is 10.2. The number of unbranched alkanes of at least 4 members (excludes halogenated alkanes) is 3. The van der Waals surface area contributed by atoms with Gasteiger partial charge < -0.3 is 5.32 Å². The smallest absolute Gasteiger partial charge is 0.252 e. The van der Waals surface area contributed by atoms with Crippen molar-refractivity contribution in [3.8, 4) is 0 Å². The normalized spacial score (nSPS) is 10.4. The average molecular weight is 372 g/mol. The predicted octanol–water partition coefficient (Wildman–Crippen LogP) is 3.88. The highest BCUT2D eigenvalue weighted by molar-refractivity contribution is 14.1. The highest BCUT2D eigenvalue weighted by Gasteiger charge is 2.06. The van der Waals surface area contributed by atoms with Gasteiger partial charge in [-0.25, -0.2) is 0 Å². The van der Waals surface area contributed by atoms with Gasteiger partial charge in [-0.2, -0.15) is 0 Å². The molecule has 1 N–H and O–H groups in total. The molecule has 0 aliphatic carbocycles. The van der Waals surface area contributed by atoms with E-state index in [0.717, 1.165) is 46.6 Å². The first kappa shape index (κ1) is 14.3. The fourth-order valence-corrected chi connectivity index (χ4v) is 2.82. The van der Waals surface area contributed by atoms with Gasteiger partial charge in [0.2, 0.25) is 0 Å². The minimum absolute atomic E-state index is 0.0384. The molecule has 0 fully saturated rings. The van der Waals surface area contributed by atoms with Crippen LogP contribution in [0.25, 0.3) is 0 Å². The van der Waals surface area contributed by atoms with Gasteiger partial charge in [-0.15, -0.1) is 22.9 Å². The molecule has 90 valence electrons. The molecular weight excluding hydrogens is 357 g/mol. The summed E-state index contributed by atoms with van der Waals surface area (Å²) >= 11 is 9.39. The summed E-state index contributed by atoms with van der Waals surface area (Å²) in [5.41, 5.74) is 0.773. The van der Waals surface area contributed by atoms with Crippen molar-refractivity contribution in [1.82, 2.24) is 5.32 Å². The lowest BCUT2D eigenvalue weighted by molar-refractivity contribution is 0.0953. The maximum Gasteiger partial charge on any atom is 0.252 e. The third kappa shape index (κ3) is 5.50. The van der Waals surface area contributed by atoms with Crippen LogP contribution in [0.4, 0.5) is 0 Å². The first-order chi connectivity index (χ1) is 7.74. The van der Waals surface area contributed by atoms with Crippen molar-refractivity contribution in [2.45, 2.75) is 25.7 Å². The van der Waals surface area contributed by atoms with Crippen LogP contribution >= 0.6 is 45.5 Å². The highest BCUT2D eigenvalue weighted by Crippen LogP contribution is 2.16. The number of alkyl halides is 1. The second-order valence-electron chi connectivity index (χ2n) is 3.50. The van der Waals surface area contributed by atoms with Crippen LogP contribution in [0.15, 0.2) is 11.4 Å². The number of carbonyl (C=O) groups excluding carboxylic acids is 1. The Bertz CT molecular complexity index is 330. The van der Waals surface area contributed by atoms with Crippen LogP contribution in [0, 0.1) is 2.88 Å². The summed E-state index contributed by atoms with van der Waals surface area (Å²) in [6.07, 6.45) is 4.38. The predicted molar refractivity (Wildman–Crippen MR) is 78.6 cm³/mol. The number of amides is 1. The Morgan fingerprint density at radius 1 is 1.38 bits per heavy atom. The van der Waals surface area contributed by atoms with E-state index in [4.69, 9.17) is 11.6 Å². The van der Waals surface area contributed by atoms with Gasteiger partial charge in [0.15, 0.2) is 0 Å². The Morgan fingerprint density at radius 2 is 2.12 bits per heavy atom. The van der Waals surface area contributed by atoms with E-state index in [0.29, 0.717) is 0 Å². The topological polar surface area (TPSA) is 29.1 Å². The van der Waals surface area contributed by atoms with Gasteiger partial charge in [0.1, 0.15) is 0 Å². The Hall–Kier alpha value is 0.190. The first-order valence-electron chi connectivity index (χ1n) is 5.32. The molecule has 5 heteroatoms. The zero-order valence-electron chi connectivity index (χ0n) is 8.97. The first-order valence-corrected chi connectivity index (χ1v) is 7.81. The maximum absolute atomic E-state index is 11.6. The maximum atomic E-state index is 11.6. The fourth-order valence-electron chi connectivity index (χ4n) is 1.31. The minimum atomic E-state index is 0.0384. The molecule has 0 saturated heterocycles. The molecule has 0 unspecified atom stereocenters. The van der Waals surface area contributed by atoms with Crippen LogP contribution in [-0.2, 0) is 0 Å². The van der Waals surface area contributed by atoms with E-state index in [-0.39, 0.29) is 5.91 Å². The SMILES string of the molecule is O=C(NCCCCCCCl)c1csc(I)c1. The summed E-state index contributed by atoms with van der Waals surface area (Å²) in [5, 5.41) is 4.81. The molecule has 0 atom stereocenters. The molecular formula is C11H15ClINOS. The largest absolute Gasteiger partial charge is 0.352 e. The van der Waals surface area contributed by atoms with Gasteiger partial charge in [0.25, 0.3) is 5.91 Å². The van der Waals surface area contributed by atoms with Crippen molar-refractivity contribution in [1.29, 1.82) is 0 Å². The summed E-state index contributed by atoms with van der Waals surface area (Å²) in [6, 6.07) is 1.91. The molecule has 1 aromatic heterocycles. The van der Waals surface area contributed by atoms with E-state index < -0.39 is 0 Å². The van der Waals surface area contributed by atoms with Gasteiger partial charge >= 0.3 is 0 Å². The molecule has 0 aliphatic heterocycles. The zero-order chi connectivity index (χ0) is 11.8. The molecule has 0 saturated carbocycles. The van der Waals surface area contributed by atoms with Gasteiger partial charge in [-0.3, -0.25) is 4.79 Å². The van der Waals surface area contributed by atoms with Gasteiger partial charge in [0, 0.05) is 17.8 Å². The quantitative estimate of drug-likeness (QED) is 0.440. The lowest BCUT2D eigenvalue weighted by Crippen LogP contribution is -2.23. The van der Waals surface area contributed by atoms with E-state index in [9.17, 15) is 4.79 Å². The summed E-state index contributed by atoms with van der Waals surface area (Å²) in [4.78, 5) is 11.6. The van der Waals surface area contributed by atoms with E-state index in [1.165, 1.54) is 0 Å². The summed E-state index contributed by atoms with van der Waals surface area (Å²) < 4.78 is 1.14. The lowest BCUT2D eigenvalue weighted by Gasteiger charge is -2.03. The van der Waals surface area contributed by atoms with Crippen LogP contribution in [0.2, 0.25) is 0 Å². The molecule has 2 nitrogen and oxygen atoms in total. The molecule has 0 aliphatic rings. The number of hydrogen-bond acceptors (Lipinski definition) is 2. The average Bonchev–Trinajstić information content (AvgIpc) is 2.70. The van der Waals surface area contributed by atoms with Crippen LogP contribution < -0.4 is 5.32 Å². The Labute approximate surface area is 119 Å². The number of rotatable bonds is 7.